The van der Waals surface area contributed by atoms with Crippen molar-refractivity contribution in [3.05, 3.63) is 54.0 Å². The predicted octanol–water partition coefficient (Wildman–Crippen LogP) is 6.74. The highest BCUT2D eigenvalue weighted by Crippen LogP contribution is 2.42. The molecule has 2 saturated heterocycles. The number of carbonyl (C=O) groups excluding carboxylic acids is 1. The first-order chi connectivity index (χ1) is 18.6. The second kappa shape index (κ2) is 11.0. The first-order valence-electron chi connectivity index (χ1n) is 14.1. The molecule has 2 aliphatic heterocycles. The lowest BCUT2D eigenvalue weighted by molar-refractivity contribution is 0.0222. The minimum absolute atomic E-state index is 0.0249. The molecular formula is C31H41N5O3. The van der Waals surface area contributed by atoms with Crippen molar-refractivity contribution in [1.29, 1.82) is 0 Å². The normalized spacial score (nSPS) is 18.6. The van der Waals surface area contributed by atoms with E-state index in [1.54, 1.807) is 0 Å². The van der Waals surface area contributed by atoms with E-state index >= 15 is 0 Å². The first-order valence-corrected chi connectivity index (χ1v) is 14.1. The van der Waals surface area contributed by atoms with Gasteiger partial charge in [-0.05, 0) is 95.0 Å². The smallest absolute Gasteiger partial charge is 0.410 e. The Kier molecular flexibility index (Phi) is 7.67. The number of amides is 1. The van der Waals surface area contributed by atoms with Crippen molar-refractivity contribution in [3.63, 3.8) is 0 Å². The number of hydrogen-bond donors (Lipinski definition) is 1. The third-order valence-corrected chi connectivity index (χ3v) is 7.68. The molecule has 2 aromatic heterocycles. The van der Waals surface area contributed by atoms with Crippen molar-refractivity contribution < 1.29 is 14.3 Å². The molecule has 39 heavy (non-hydrogen) atoms. The maximum absolute atomic E-state index is 13.2. The van der Waals surface area contributed by atoms with Gasteiger partial charge in [0.25, 0.3) is 0 Å². The standard InChI is InChI=1S/C31H41N5O3/c1-20(2)36-19-24(18-34-36)26-16-23(17-33-29(26)32)22-8-9-25(21-10-13-38-14-11-21)27(15-22)28-7-6-12-35(28)30(37)39-31(3,4)5/h8-9,15-21,28H,6-7,10-14H2,1-5H3,(H2,32,33)/t28-/m0/s1. The van der Waals surface area contributed by atoms with Gasteiger partial charge in [0.1, 0.15) is 11.4 Å². The van der Waals surface area contributed by atoms with Crippen molar-refractivity contribution in [1.82, 2.24) is 19.7 Å². The molecule has 4 heterocycles. The van der Waals surface area contributed by atoms with Crippen LogP contribution in [0.2, 0.25) is 0 Å². The Hall–Kier alpha value is -3.39. The summed E-state index contributed by atoms with van der Waals surface area (Å²) in [5, 5.41) is 4.49. The molecule has 2 fully saturated rings. The van der Waals surface area contributed by atoms with E-state index in [9.17, 15) is 4.79 Å². The van der Waals surface area contributed by atoms with Gasteiger partial charge in [0.05, 0.1) is 12.2 Å². The predicted molar refractivity (Wildman–Crippen MR) is 153 cm³/mol. The molecule has 0 spiro atoms. The zero-order valence-electron chi connectivity index (χ0n) is 23.8. The van der Waals surface area contributed by atoms with Crippen molar-refractivity contribution >= 4 is 11.9 Å². The Labute approximate surface area is 231 Å². The Morgan fingerprint density at radius 1 is 1.05 bits per heavy atom. The van der Waals surface area contributed by atoms with Crippen LogP contribution in [0.3, 0.4) is 0 Å². The molecule has 1 atom stereocenters. The monoisotopic (exact) mass is 531 g/mol. The second-order valence-electron chi connectivity index (χ2n) is 12.0. The summed E-state index contributed by atoms with van der Waals surface area (Å²) in [5.41, 5.74) is 12.1. The van der Waals surface area contributed by atoms with Gasteiger partial charge in [0.2, 0.25) is 0 Å². The molecule has 8 heteroatoms. The zero-order valence-corrected chi connectivity index (χ0v) is 23.8. The van der Waals surface area contributed by atoms with Crippen LogP contribution in [0, 0.1) is 0 Å². The van der Waals surface area contributed by atoms with Gasteiger partial charge in [0.15, 0.2) is 0 Å². The van der Waals surface area contributed by atoms with Gasteiger partial charge < -0.3 is 20.1 Å². The van der Waals surface area contributed by atoms with Gasteiger partial charge in [-0.2, -0.15) is 5.10 Å². The number of nitrogen functional groups attached to an aromatic ring is 1. The average molecular weight is 532 g/mol. The minimum Gasteiger partial charge on any atom is -0.444 e. The van der Waals surface area contributed by atoms with E-state index in [-0.39, 0.29) is 18.2 Å². The molecule has 2 aliphatic rings. The molecular weight excluding hydrogens is 490 g/mol. The van der Waals surface area contributed by atoms with Gasteiger partial charge in [-0.3, -0.25) is 4.68 Å². The van der Waals surface area contributed by atoms with Crippen LogP contribution < -0.4 is 5.73 Å². The van der Waals surface area contributed by atoms with E-state index in [1.807, 2.05) is 48.9 Å². The number of pyridine rings is 1. The topological polar surface area (TPSA) is 95.5 Å². The van der Waals surface area contributed by atoms with Gasteiger partial charge in [-0.15, -0.1) is 0 Å². The molecule has 0 bridgehead atoms. The summed E-state index contributed by atoms with van der Waals surface area (Å²) in [7, 11) is 0. The Balaban J connectivity index is 1.55. The quantitative estimate of drug-likeness (QED) is 0.392. The highest BCUT2D eigenvalue weighted by Gasteiger charge is 2.35. The highest BCUT2D eigenvalue weighted by molar-refractivity contribution is 5.79. The molecule has 1 aromatic carbocycles. The lowest BCUT2D eigenvalue weighted by Crippen LogP contribution is -2.36. The zero-order chi connectivity index (χ0) is 27.7. The summed E-state index contributed by atoms with van der Waals surface area (Å²) in [5.74, 6) is 0.888. The van der Waals surface area contributed by atoms with Crippen LogP contribution in [0.4, 0.5) is 10.6 Å². The highest BCUT2D eigenvalue weighted by atomic mass is 16.6. The van der Waals surface area contributed by atoms with E-state index < -0.39 is 5.60 Å². The molecule has 208 valence electrons. The third kappa shape index (κ3) is 5.96. The Morgan fingerprint density at radius 2 is 1.82 bits per heavy atom. The number of benzene rings is 1. The average Bonchev–Trinajstić information content (AvgIpc) is 3.59. The fourth-order valence-electron chi connectivity index (χ4n) is 5.68. The van der Waals surface area contributed by atoms with Crippen LogP contribution in [0.1, 0.15) is 89.4 Å². The van der Waals surface area contributed by atoms with E-state index in [1.165, 1.54) is 11.1 Å². The largest absolute Gasteiger partial charge is 0.444 e. The lowest BCUT2D eigenvalue weighted by atomic mass is 9.83. The number of hydrogen-bond acceptors (Lipinski definition) is 6. The maximum Gasteiger partial charge on any atom is 0.410 e. The van der Waals surface area contributed by atoms with Crippen LogP contribution in [-0.4, -0.2) is 51.1 Å². The number of ether oxygens (including phenoxy) is 2. The van der Waals surface area contributed by atoms with E-state index in [0.717, 1.165) is 61.2 Å². The van der Waals surface area contributed by atoms with Crippen molar-refractivity contribution in [2.24, 2.45) is 0 Å². The fraction of sp³-hybridized carbons (Fsp3) is 0.516. The number of nitrogens with zero attached hydrogens (tertiary/aromatic N) is 4. The van der Waals surface area contributed by atoms with Crippen LogP contribution in [0.5, 0.6) is 0 Å². The van der Waals surface area contributed by atoms with Crippen LogP contribution in [0.15, 0.2) is 42.9 Å². The van der Waals surface area contributed by atoms with Crippen molar-refractivity contribution in [2.75, 3.05) is 25.5 Å². The molecule has 2 N–H and O–H groups in total. The van der Waals surface area contributed by atoms with E-state index in [0.29, 0.717) is 18.3 Å². The summed E-state index contributed by atoms with van der Waals surface area (Å²) in [4.78, 5) is 19.7. The third-order valence-electron chi connectivity index (χ3n) is 7.68. The molecule has 3 aromatic rings. The minimum atomic E-state index is -0.537. The van der Waals surface area contributed by atoms with E-state index in [4.69, 9.17) is 15.2 Å². The van der Waals surface area contributed by atoms with E-state index in [2.05, 4.69) is 48.2 Å². The number of aromatic nitrogens is 3. The van der Waals surface area contributed by atoms with Gasteiger partial charge in [-0.25, -0.2) is 9.78 Å². The molecule has 0 unspecified atom stereocenters. The first kappa shape index (κ1) is 27.2. The van der Waals surface area contributed by atoms with Gasteiger partial charge in [-0.1, -0.05) is 12.1 Å². The van der Waals surface area contributed by atoms with Crippen molar-refractivity contribution in [3.8, 4) is 22.3 Å². The number of anilines is 1. The fourth-order valence-corrected chi connectivity index (χ4v) is 5.68. The van der Waals surface area contributed by atoms with Crippen LogP contribution in [-0.2, 0) is 9.47 Å². The summed E-state index contributed by atoms with van der Waals surface area (Å²) < 4.78 is 13.4. The molecule has 5 rings (SSSR count). The summed E-state index contributed by atoms with van der Waals surface area (Å²) >= 11 is 0. The molecule has 0 radical (unpaired) electrons. The SMILES string of the molecule is CC(C)n1cc(-c2cc(-c3ccc(C4CCOCC4)c([C@@H]4CCCN4C(=O)OC(C)(C)C)c3)cnc2N)cn1. The van der Waals surface area contributed by atoms with Gasteiger partial charge >= 0.3 is 6.09 Å². The number of carbonyl (C=O) groups is 1. The summed E-state index contributed by atoms with van der Waals surface area (Å²) in [6.07, 6.45) is 9.28. The second-order valence-corrected chi connectivity index (χ2v) is 12.0. The molecule has 1 amide bonds. The summed E-state index contributed by atoms with van der Waals surface area (Å²) in [6, 6.07) is 9.01. The maximum atomic E-state index is 13.2. The Morgan fingerprint density at radius 3 is 2.51 bits per heavy atom. The lowest BCUT2D eigenvalue weighted by Gasteiger charge is -2.32. The molecule has 0 aliphatic carbocycles. The van der Waals surface area contributed by atoms with Crippen LogP contribution >= 0.6 is 0 Å². The summed E-state index contributed by atoms with van der Waals surface area (Å²) in [6.45, 7) is 12.2. The number of nitrogens with two attached hydrogens (primary N) is 1. The Bertz CT molecular complexity index is 1320. The van der Waals surface area contributed by atoms with Crippen LogP contribution in [0.25, 0.3) is 22.3 Å². The number of likely N-dealkylation sites (tertiary alicyclic amines) is 1. The van der Waals surface area contributed by atoms with Gasteiger partial charge in [0, 0.05) is 54.9 Å². The molecule has 0 saturated carbocycles. The van der Waals surface area contributed by atoms with Crippen molar-refractivity contribution in [2.45, 2.75) is 83.9 Å². The molecule has 8 nitrogen and oxygen atoms in total. The number of rotatable bonds is 5.